The van der Waals surface area contributed by atoms with Gasteiger partial charge in [0, 0.05) is 49.9 Å². The van der Waals surface area contributed by atoms with Crippen LogP contribution in [0.5, 0.6) is 0 Å². The highest BCUT2D eigenvalue weighted by Crippen LogP contribution is 2.47. The van der Waals surface area contributed by atoms with Crippen LogP contribution in [-0.2, 0) is 14.3 Å². The molecule has 0 spiro atoms. The number of nitrogens with zero attached hydrogens (tertiary/aromatic N) is 3. The number of nitrogens with two attached hydrogens (primary N) is 1. The van der Waals surface area contributed by atoms with Gasteiger partial charge in [0.25, 0.3) is 0 Å². The van der Waals surface area contributed by atoms with E-state index in [0.29, 0.717) is 30.0 Å². The molecule has 3 aliphatic heterocycles. The molecule has 196 valence electrons. The fourth-order valence-electron chi connectivity index (χ4n) is 6.47. The van der Waals surface area contributed by atoms with Crippen LogP contribution in [0.15, 0.2) is 18.2 Å². The molecule has 5 rings (SSSR count). The molecule has 0 aromatic heterocycles. The maximum absolute atomic E-state index is 14.2. The Balaban J connectivity index is 1.48. The smallest absolute Gasteiger partial charge is 0.249 e. The Morgan fingerprint density at radius 2 is 1.86 bits per heavy atom. The highest BCUT2D eigenvalue weighted by atomic mass is 16.5. The summed E-state index contributed by atoms with van der Waals surface area (Å²) in [4.78, 5) is 46.1. The van der Waals surface area contributed by atoms with Crippen molar-refractivity contribution < 1.29 is 19.1 Å². The molecular formula is C28H40N4O4. The Kier molecular flexibility index (Phi) is 7.10. The maximum Gasteiger partial charge on any atom is 0.249 e. The number of likely N-dealkylation sites (N-methyl/N-ethyl adjacent to an activating group) is 1. The summed E-state index contributed by atoms with van der Waals surface area (Å²) >= 11 is 0. The summed E-state index contributed by atoms with van der Waals surface area (Å²) in [5, 5.41) is 0. The number of ketones is 1. The summed E-state index contributed by atoms with van der Waals surface area (Å²) < 4.78 is 5.90. The number of benzene rings is 1. The SMILES string of the molecule is CCN1CCN(c2ccc(C(N)=O)c([C@H](CC(C)C)C(=O)N3C[C@@H](C4CC4)[C@H]4OCC(=O)[C@H]43)c2)CC1. The van der Waals surface area contributed by atoms with Crippen molar-refractivity contribution in [2.45, 2.75) is 58.1 Å². The molecule has 1 aromatic rings. The van der Waals surface area contributed by atoms with Crippen molar-refractivity contribution in [3.63, 3.8) is 0 Å². The number of hydrogen-bond acceptors (Lipinski definition) is 6. The lowest BCUT2D eigenvalue weighted by atomic mass is 9.85. The van der Waals surface area contributed by atoms with Gasteiger partial charge in [0.1, 0.15) is 12.6 Å². The minimum absolute atomic E-state index is 0.00234. The van der Waals surface area contributed by atoms with Gasteiger partial charge >= 0.3 is 0 Å². The number of ether oxygens (including phenoxy) is 1. The minimum Gasteiger partial charge on any atom is -0.369 e. The van der Waals surface area contributed by atoms with Gasteiger partial charge in [-0.1, -0.05) is 20.8 Å². The monoisotopic (exact) mass is 496 g/mol. The zero-order chi connectivity index (χ0) is 25.6. The van der Waals surface area contributed by atoms with E-state index in [1.165, 1.54) is 0 Å². The Bertz CT molecular complexity index is 1010. The number of primary amides is 1. The first-order valence-corrected chi connectivity index (χ1v) is 13.6. The van der Waals surface area contributed by atoms with Crippen LogP contribution < -0.4 is 10.6 Å². The molecule has 8 heteroatoms. The molecule has 4 fully saturated rings. The van der Waals surface area contributed by atoms with Gasteiger partial charge in [-0.05, 0) is 61.4 Å². The highest BCUT2D eigenvalue weighted by molar-refractivity contribution is 5.99. The molecule has 8 nitrogen and oxygen atoms in total. The third-order valence-corrected chi connectivity index (χ3v) is 8.60. The predicted molar refractivity (Wildman–Crippen MR) is 138 cm³/mol. The summed E-state index contributed by atoms with van der Waals surface area (Å²) in [5.41, 5.74) is 7.92. The molecule has 1 aliphatic carbocycles. The van der Waals surface area contributed by atoms with Crippen molar-refractivity contribution in [1.29, 1.82) is 0 Å². The van der Waals surface area contributed by atoms with Crippen LogP contribution in [0.2, 0.25) is 0 Å². The molecule has 3 saturated heterocycles. The van der Waals surface area contributed by atoms with Crippen molar-refractivity contribution >= 4 is 23.3 Å². The number of carbonyl (C=O) groups is 3. The summed E-state index contributed by atoms with van der Waals surface area (Å²) in [7, 11) is 0. The molecule has 4 atom stereocenters. The number of anilines is 1. The van der Waals surface area contributed by atoms with Crippen molar-refractivity contribution in [1.82, 2.24) is 9.80 Å². The van der Waals surface area contributed by atoms with Crippen LogP contribution in [0.25, 0.3) is 0 Å². The zero-order valence-corrected chi connectivity index (χ0v) is 21.8. The van der Waals surface area contributed by atoms with Gasteiger partial charge in [-0.15, -0.1) is 0 Å². The quantitative estimate of drug-likeness (QED) is 0.593. The van der Waals surface area contributed by atoms with E-state index in [2.05, 4.69) is 30.6 Å². The molecule has 0 unspecified atom stereocenters. The number of amides is 2. The van der Waals surface area contributed by atoms with Crippen LogP contribution >= 0.6 is 0 Å². The van der Waals surface area contributed by atoms with Gasteiger partial charge in [0.05, 0.1) is 12.0 Å². The first-order chi connectivity index (χ1) is 17.3. The van der Waals surface area contributed by atoms with E-state index in [0.717, 1.165) is 51.3 Å². The largest absolute Gasteiger partial charge is 0.369 e. The molecule has 0 bridgehead atoms. The minimum atomic E-state index is -0.531. The van der Waals surface area contributed by atoms with Crippen molar-refractivity contribution in [3.8, 4) is 0 Å². The molecule has 4 aliphatic rings. The summed E-state index contributed by atoms with van der Waals surface area (Å²) in [5.74, 6) is -0.142. The van der Waals surface area contributed by atoms with Crippen LogP contribution in [0, 0.1) is 17.8 Å². The lowest BCUT2D eigenvalue weighted by Crippen LogP contribution is -2.46. The second-order valence-electron chi connectivity index (χ2n) is 11.4. The first-order valence-electron chi connectivity index (χ1n) is 13.6. The molecule has 2 N–H and O–H groups in total. The van der Waals surface area contributed by atoms with Crippen molar-refractivity contribution in [3.05, 3.63) is 29.3 Å². The highest BCUT2D eigenvalue weighted by Gasteiger charge is 2.56. The van der Waals surface area contributed by atoms with E-state index >= 15 is 0 Å². The second kappa shape index (κ2) is 10.1. The van der Waals surface area contributed by atoms with E-state index in [4.69, 9.17) is 10.5 Å². The van der Waals surface area contributed by atoms with Gasteiger partial charge in [-0.25, -0.2) is 0 Å². The summed E-state index contributed by atoms with van der Waals surface area (Å²) in [6.45, 7) is 11.8. The fourth-order valence-corrected chi connectivity index (χ4v) is 6.47. The number of carbonyl (C=O) groups excluding carboxylic acids is 3. The van der Waals surface area contributed by atoms with Crippen LogP contribution in [0.3, 0.4) is 0 Å². The normalized spacial score (nSPS) is 27.6. The number of likely N-dealkylation sites (tertiary alicyclic amines) is 1. The van der Waals surface area contributed by atoms with E-state index in [1.807, 2.05) is 12.1 Å². The Morgan fingerprint density at radius 3 is 2.47 bits per heavy atom. The molecule has 36 heavy (non-hydrogen) atoms. The molecule has 3 heterocycles. The zero-order valence-electron chi connectivity index (χ0n) is 21.8. The van der Waals surface area contributed by atoms with E-state index in [9.17, 15) is 14.4 Å². The van der Waals surface area contributed by atoms with Crippen molar-refractivity contribution in [2.24, 2.45) is 23.5 Å². The molecule has 2 amide bonds. The number of hydrogen-bond donors (Lipinski definition) is 1. The predicted octanol–water partition coefficient (Wildman–Crippen LogP) is 2.26. The van der Waals surface area contributed by atoms with Crippen LogP contribution in [-0.4, -0.2) is 85.4 Å². The fraction of sp³-hybridized carbons (Fsp3) is 0.679. The van der Waals surface area contributed by atoms with Gasteiger partial charge < -0.3 is 25.2 Å². The third kappa shape index (κ3) is 4.77. The van der Waals surface area contributed by atoms with E-state index < -0.39 is 17.9 Å². The van der Waals surface area contributed by atoms with Gasteiger partial charge in [-0.2, -0.15) is 0 Å². The van der Waals surface area contributed by atoms with E-state index in [1.54, 1.807) is 11.0 Å². The topological polar surface area (TPSA) is 96.2 Å². The lowest BCUT2D eigenvalue weighted by molar-refractivity contribution is -0.138. The number of Topliss-reactive ketones (excluding diaryl/α,β-unsaturated/α-hetero) is 1. The average molecular weight is 497 g/mol. The van der Waals surface area contributed by atoms with Gasteiger partial charge in [-0.3, -0.25) is 14.4 Å². The van der Waals surface area contributed by atoms with Crippen LogP contribution in [0.1, 0.15) is 61.9 Å². The number of fused-ring (bicyclic) bond motifs is 1. The van der Waals surface area contributed by atoms with Crippen molar-refractivity contribution in [2.75, 3.05) is 50.8 Å². The van der Waals surface area contributed by atoms with E-state index in [-0.39, 0.29) is 36.2 Å². The van der Waals surface area contributed by atoms with Gasteiger partial charge in [0.15, 0.2) is 5.78 Å². The molecule has 0 radical (unpaired) electrons. The standard InChI is InChI=1S/C28H40N4O4/c1-4-30-9-11-31(12-10-30)19-7-8-20(27(29)34)21(14-19)22(13-17(2)3)28(35)32-15-23(18-5-6-18)26-25(32)24(33)16-36-26/h7-8,14,17-18,22-23,25-26H,4-6,9-13,15-16H2,1-3H3,(H2,29,34)/t22-,23-,25+,26+/m0/s1. The third-order valence-electron chi connectivity index (χ3n) is 8.60. The Morgan fingerprint density at radius 1 is 1.14 bits per heavy atom. The molecular weight excluding hydrogens is 456 g/mol. The molecule has 1 aromatic carbocycles. The Hall–Kier alpha value is -2.45. The lowest BCUT2D eigenvalue weighted by Gasteiger charge is -2.36. The number of rotatable bonds is 8. The summed E-state index contributed by atoms with van der Waals surface area (Å²) in [6, 6.07) is 5.24. The summed E-state index contributed by atoms with van der Waals surface area (Å²) in [6.07, 6.45) is 2.68. The Labute approximate surface area is 214 Å². The second-order valence-corrected chi connectivity index (χ2v) is 11.4. The van der Waals surface area contributed by atoms with Gasteiger partial charge in [0.2, 0.25) is 11.8 Å². The molecule has 1 saturated carbocycles. The van der Waals surface area contributed by atoms with Crippen LogP contribution in [0.4, 0.5) is 5.69 Å². The number of piperazine rings is 1. The average Bonchev–Trinajstić information content (AvgIpc) is 3.54. The first kappa shape index (κ1) is 25.2. The maximum atomic E-state index is 14.2.